The summed E-state index contributed by atoms with van der Waals surface area (Å²) < 4.78 is 24.4. The van der Waals surface area contributed by atoms with Crippen molar-refractivity contribution < 1.29 is 13.9 Å². The average molecular weight is 374 g/mol. The molecule has 2 rings (SSSR count). The van der Waals surface area contributed by atoms with Crippen LogP contribution in [0.2, 0.25) is 0 Å². The van der Waals surface area contributed by atoms with Crippen molar-refractivity contribution >= 4 is 27.5 Å². The zero-order chi connectivity index (χ0) is 15.4. The van der Waals surface area contributed by atoms with Crippen molar-refractivity contribution in [3.63, 3.8) is 0 Å². The van der Waals surface area contributed by atoms with Gasteiger partial charge in [0.1, 0.15) is 5.82 Å². The molecule has 2 nitrogen and oxygen atoms in total. The fourth-order valence-corrected chi connectivity index (χ4v) is 3.12. The van der Waals surface area contributed by atoms with Crippen LogP contribution in [0.4, 0.5) is 4.39 Å². The molecule has 0 aliphatic carbocycles. The monoisotopic (exact) mass is 372 g/mol. The van der Waals surface area contributed by atoms with Gasteiger partial charge in [-0.05, 0) is 51.7 Å². The molecular weight excluding hydrogens is 359 g/mol. The predicted octanol–water partition coefficient (Wildman–Crippen LogP) is 5.13. The average Bonchev–Trinajstić information content (AvgIpc) is 2.49. The first kappa shape index (κ1) is 16.1. The number of ether oxygens (including phenoxy) is 2. The maximum absolute atomic E-state index is 13.6. The van der Waals surface area contributed by atoms with Crippen LogP contribution in [-0.2, 0) is 6.42 Å². The van der Waals surface area contributed by atoms with Crippen LogP contribution in [0.25, 0.3) is 0 Å². The van der Waals surface area contributed by atoms with Gasteiger partial charge in [0.15, 0.2) is 11.5 Å². The first-order chi connectivity index (χ1) is 10.1. The van der Waals surface area contributed by atoms with Crippen molar-refractivity contribution in [2.45, 2.75) is 11.8 Å². The van der Waals surface area contributed by atoms with Crippen molar-refractivity contribution in [3.8, 4) is 11.5 Å². The highest BCUT2D eigenvalue weighted by Gasteiger charge is 2.16. The summed E-state index contributed by atoms with van der Waals surface area (Å²) in [6.45, 7) is 0. The molecule has 0 radical (unpaired) electrons. The third kappa shape index (κ3) is 3.69. The van der Waals surface area contributed by atoms with Crippen molar-refractivity contribution in [3.05, 3.63) is 57.8 Å². The molecule has 0 bridgehead atoms. The molecule has 0 spiro atoms. The van der Waals surface area contributed by atoms with Gasteiger partial charge in [0.05, 0.1) is 24.1 Å². The normalized spacial score (nSPS) is 12.0. The largest absolute Gasteiger partial charge is 0.493 e. The van der Waals surface area contributed by atoms with E-state index in [0.29, 0.717) is 22.4 Å². The Morgan fingerprint density at radius 2 is 1.86 bits per heavy atom. The summed E-state index contributed by atoms with van der Waals surface area (Å²) in [5.41, 5.74) is 1.72. The lowest BCUT2D eigenvalue weighted by Gasteiger charge is -2.14. The van der Waals surface area contributed by atoms with Crippen LogP contribution in [-0.4, -0.2) is 14.2 Å². The van der Waals surface area contributed by atoms with Gasteiger partial charge in [0.25, 0.3) is 0 Å². The molecule has 21 heavy (non-hydrogen) atoms. The molecule has 0 fully saturated rings. The first-order valence-corrected chi connectivity index (χ1v) is 7.58. The van der Waals surface area contributed by atoms with E-state index in [1.807, 2.05) is 24.3 Å². The summed E-state index contributed by atoms with van der Waals surface area (Å²) in [6, 6.07) is 10.5. The molecule has 5 heteroatoms. The zero-order valence-corrected chi connectivity index (χ0v) is 14.0. The molecule has 2 aromatic rings. The van der Waals surface area contributed by atoms with Crippen molar-refractivity contribution in [1.82, 2.24) is 0 Å². The molecule has 0 aromatic heterocycles. The van der Waals surface area contributed by atoms with E-state index in [4.69, 9.17) is 21.1 Å². The van der Waals surface area contributed by atoms with Crippen LogP contribution in [0.1, 0.15) is 16.5 Å². The van der Waals surface area contributed by atoms with Crippen molar-refractivity contribution in [2.24, 2.45) is 0 Å². The van der Waals surface area contributed by atoms with Gasteiger partial charge in [-0.3, -0.25) is 0 Å². The van der Waals surface area contributed by atoms with Crippen LogP contribution in [0, 0.1) is 5.82 Å². The fraction of sp³-hybridized carbons (Fsp3) is 0.250. The van der Waals surface area contributed by atoms with Gasteiger partial charge < -0.3 is 9.47 Å². The Bertz CT molecular complexity index is 634. The Labute approximate surface area is 137 Å². The summed E-state index contributed by atoms with van der Waals surface area (Å²) in [7, 11) is 3.18. The number of methoxy groups -OCH3 is 2. The van der Waals surface area contributed by atoms with Crippen LogP contribution >= 0.6 is 27.5 Å². The van der Waals surface area contributed by atoms with Crippen molar-refractivity contribution in [2.75, 3.05) is 14.2 Å². The lowest BCUT2D eigenvalue weighted by molar-refractivity contribution is 0.354. The predicted molar refractivity (Wildman–Crippen MR) is 85.9 cm³/mol. The van der Waals surface area contributed by atoms with E-state index in [9.17, 15) is 4.39 Å². The number of rotatable bonds is 5. The van der Waals surface area contributed by atoms with Gasteiger partial charge in [-0.25, -0.2) is 4.39 Å². The maximum atomic E-state index is 13.6. The molecule has 112 valence electrons. The number of alkyl halides is 1. The Balaban J connectivity index is 2.23. The number of hydrogen-bond acceptors (Lipinski definition) is 2. The van der Waals surface area contributed by atoms with Crippen molar-refractivity contribution in [1.29, 1.82) is 0 Å². The molecule has 1 atom stereocenters. The number of benzene rings is 2. The first-order valence-electron chi connectivity index (χ1n) is 6.35. The van der Waals surface area contributed by atoms with E-state index in [1.54, 1.807) is 20.3 Å². The minimum atomic E-state index is -0.340. The standard InChI is InChI=1S/C16H15BrClFO2/c1-20-14-7-6-10(9-15(14)21-2)8-12(18)11-4-3-5-13(19)16(11)17/h3-7,9,12H,8H2,1-2H3. The highest BCUT2D eigenvalue weighted by molar-refractivity contribution is 9.10. The van der Waals surface area contributed by atoms with Gasteiger partial charge in [-0.1, -0.05) is 18.2 Å². The second-order valence-electron chi connectivity index (χ2n) is 4.50. The minimum absolute atomic E-state index is 0.314. The van der Waals surface area contributed by atoms with Gasteiger partial charge in [-0.2, -0.15) is 0 Å². The summed E-state index contributed by atoms with van der Waals surface area (Å²) in [6.07, 6.45) is 0.559. The third-order valence-corrected chi connectivity index (χ3v) is 4.41. The van der Waals surface area contributed by atoms with E-state index >= 15 is 0 Å². The zero-order valence-electron chi connectivity index (χ0n) is 11.7. The Morgan fingerprint density at radius 1 is 1.14 bits per heavy atom. The lowest BCUT2D eigenvalue weighted by atomic mass is 10.0. The minimum Gasteiger partial charge on any atom is -0.493 e. The van der Waals surface area contributed by atoms with Crippen LogP contribution < -0.4 is 9.47 Å². The van der Waals surface area contributed by atoms with E-state index in [1.165, 1.54) is 6.07 Å². The Hall–Kier alpha value is -1.26. The molecule has 2 aromatic carbocycles. The van der Waals surface area contributed by atoms with Crippen LogP contribution in [0.5, 0.6) is 11.5 Å². The molecular formula is C16H15BrClFO2. The number of hydrogen-bond donors (Lipinski definition) is 0. The van der Waals surface area contributed by atoms with Gasteiger partial charge in [-0.15, -0.1) is 11.6 Å². The van der Waals surface area contributed by atoms with E-state index in [2.05, 4.69) is 15.9 Å². The quantitative estimate of drug-likeness (QED) is 0.677. The summed E-state index contributed by atoms with van der Waals surface area (Å²) in [5, 5.41) is -0.340. The molecule has 0 aliphatic heterocycles. The van der Waals surface area contributed by atoms with Gasteiger partial charge in [0.2, 0.25) is 0 Å². The van der Waals surface area contributed by atoms with Gasteiger partial charge in [0, 0.05) is 0 Å². The Morgan fingerprint density at radius 3 is 2.52 bits per heavy atom. The lowest BCUT2D eigenvalue weighted by Crippen LogP contribution is -1.99. The molecule has 0 N–H and O–H groups in total. The highest BCUT2D eigenvalue weighted by Crippen LogP contribution is 2.34. The third-order valence-electron chi connectivity index (χ3n) is 3.18. The maximum Gasteiger partial charge on any atom is 0.160 e. The SMILES string of the molecule is COc1ccc(CC(Cl)c2cccc(F)c2Br)cc1OC. The van der Waals surface area contributed by atoms with E-state index < -0.39 is 0 Å². The molecule has 0 saturated carbocycles. The highest BCUT2D eigenvalue weighted by atomic mass is 79.9. The molecule has 0 amide bonds. The topological polar surface area (TPSA) is 18.5 Å². The summed E-state index contributed by atoms with van der Waals surface area (Å²) in [4.78, 5) is 0. The second kappa shape index (κ2) is 7.14. The molecule has 0 saturated heterocycles. The molecule has 1 unspecified atom stereocenters. The smallest absolute Gasteiger partial charge is 0.160 e. The van der Waals surface area contributed by atoms with E-state index in [-0.39, 0.29) is 11.2 Å². The number of halogens is 3. The molecule has 0 aliphatic rings. The summed E-state index contributed by atoms with van der Waals surface area (Å²) >= 11 is 9.66. The fourth-order valence-electron chi connectivity index (χ4n) is 2.09. The van der Waals surface area contributed by atoms with E-state index in [0.717, 1.165) is 11.1 Å². The summed E-state index contributed by atoms with van der Waals surface area (Å²) in [5.74, 6) is 1.00. The van der Waals surface area contributed by atoms with Crippen LogP contribution in [0.15, 0.2) is 40.9 Å². The molecule has 0 heterocycles. The van der Waals surface area contributed by atoms with Crippen LogP contribution in [0.3, 0.4) is 0 Å². The van der Waals surface area contributed by atoms with Gasteiger partial charge >= 0.3 is 0 Å². The Kier molecular flexibility index (Phi) is 5.48. The second-order valence-corrected chi connectivity index (χ2v) is 5.82.